The summed E-state index contributed by atoms with van der Waals surface area (Å²) in [5.41, 5.74) is 1.07. The molecule has 0 unspecified atom stereocenters. The molecule has 0 aromatic heterocycles. The van der Waals surface area contributed by atoms with E-state index < -0.39 is 30.4 Å². The number of halogens is 5. The molecular weight excluding hydrogens is 452 g/mol. The van der Waals surface area contributed by atoms with Crippen LogP contribution < -0.4 is 15.4 Å². The van der Waals surface area contributed by atoms with Gasteiger partial charge >= 0.3 is 6.18 Å². The van der Waals surface area contributed by atoms with E-state index in [0.717, 1.165) is 17.7 Å². The number of nitrogens with one attached hydrogen (secondary N) is 2. The van der Waals surface area contributed by atoms with Crippen LogP contribution in [0.3, 0.4) is 0 Å². The maximum absolute atomic E-state index is 14.2. The number of ether oxygens (including phenoxy) is 1. The highest BCUT2D eigenvalue weighted by Crippen LogP contribution is 2.29. The van der Waals surface area contributed by atoms with Crippen molar-refractivity contribution in [1.82, 2.24) is 5.32 Å². The van der Waals surface area contributed by atoms with Gasteiger partial charge in [-0.25, -0.2) is 4.39 Å². The highest BCUT2D eigenvalue weighted by Gasteiger charge is 2.28. The van der Waals surface area contributed by atoms with Crippen molar-refractivity contribution in [3.8, 4) is 5.75 Å². The summed E-state index contributed by atoms with van der Waals surface area (Å²) in [5, 5.41) is 4.62. The molecule has 5 nitrogen and oxygen atoms in total. The van der Waals surface area contributed by atoms with Crippen molar-refractivity contribution in [3.63, 3.8) is 0 Å². The molecule has 3 rings (SSSR count). The Hall–Kier alpha value is -3.33. The molecule has 0 saturated heterocycles. The summed E-state index contributed by atoms with van der Waals surface area (Å²) in [6.45, 7) is 0.0302. The first-order chi connectivity index (χ1) is 15.0. The van der Waals surface area contributed by atoms with Crippen LogP contribution >= 0.6 is 11.6 Å². The van der Waals surface area contributed by atoms with Crippen LogP contribution in [0.25, 0.3) is 6.08 Å². The average molecular weight is 469 g/mol. The molecule has 2 aromatic rings. The van der Waals surface area contributed by atoms with E-state index >= 15 is 0 Å². The fourth-order valence-electron chi connectivity index (χ4n) is 2.84. The molecule has 0 radical (unpaired) electrons. The molecule has 168 valence electrons. The van der Waals surface area contributed by atoms with Crippen molar-refractivity contribution in [1.29, 1.82) is 0 Å². The predicted octanol–water partition coefficient (Wildman–Crippen LogP) is 5.05. The van der Waals surface area contributed by atoms with E-state index in [1.165, 1.54) is 19.1 Å². The lowest BCUT2D eigenvalue weighted by molar-refractivity contribution is -0.123. The summed E-state index contributed by atoms with van der Waals surface area (Å²) in [6.07, 6.45) is -0.113. The minimum absolute atomic E-state index is 0.0305. The molecule has 0 aliphatic carbocycles. The van der Waals surface area contributed by atoms with Crippen LogP contribution in [0.1, 0.15) is 21.5 Å². The van der Waals surface area contributed by atoms with Crippen LogP contribution in [0.4, 0.5) is 23.2 Å². The topological polar surface area (TPSA) is 67.4 Å². The van der Waals surface area contributed by atoms with Crippen molar-refractivity contribution in [2.24, 2.45) is 0 Å². The van der Waals surface area contributed by atoms with Gasteiger partial charge in [0.1, 0.15) is 24.7 Å². The summed E-state index contributed by atoms with van der Waals surface area (Å²) < 4.78 is 56.6. The Balaban J connectivity index is 1.72. The lowest BCUT2D eigenvalue weighted by atomic mass is 10.1. The maximum Gasteiger partial charge on any atom is 0.405 e. The predicted molar refractivity (Wildman–Crippen MR) is 112 cm³/mol. The van der Waals surface area contributed by atoms with Crippen LogP contribution in [0.15, 0.2) is 48.1 Å². The summed E-state index contributed by atoms with van der Waals surface area (Å²) in [4.78, 5) is 24.2. The van der Waals surface area contributed by atoms with Gasteiger partial charge in [0.05, 0.1) is 0 Å². The van der Waals surface area contributed by atoms with Crippen LogP contribution in [0, 0.1) is 12.7 Å². The molecule has 1 heterocycles. The smallest absolute Gasteiger partial charge is 0.405 e. The molecule has 1 aliphatic heterocycles. The number of fused-ring (bicyclic) bond motifs is 1. The minimum atomic E-state index is -4.61. The van der Waals surface area contributed by atoms with E-state index in [-0.39, 0.29) is 23.4 Å². The monoisotopic (exact) mass is 468 g/mol. The highest BCUT2D eigenvalue weighted by atomic mass is 35.5. The SMILES string of the molecule is Cc1c(F)cc(C(=O)NCC(F)(F)F)cc1NC(=O)/C=C/C1=Cc2cc(Cl)ccc2OC1. The van der Waals surface area contributed by atoms with E-state index in [1.807, 2.05) is 0 Å². The van der Waals surface area contributed by atoms with Gasteiger partial charge < -0.3 is 15.4 Å². The second-order valence-electron chi connectivity index (χ2n) is 6.94. The van der Waals surface area contributed by atoms with E-state index in [1.54, 1.807) is 29.6 Å². The second kappa shape index (κ2) is 9.44. The lowest BCUT2D eigenvalue weighted by Gasteiger charge is -2.16. The fourth-order valence-corrected chi connectivity index (χ4v) is 3.02. The van der Waals surface area contributed by atoms with Crippen molar-refractivity contribution in [3.05, 3.63) is 75.6 Å². The number of carbonyl (C=O) groups excluding carboxylic acids is 2. The highest BCUT2D eigenvalue weighted by molar-refractivity contribution is 6.30. The Labute approximate surface area is 185 Å². The van der Waals surface area contributed by atoms with Gasteiger partial charge in [0.25, 0.3) is 5.91 Å². The first-order valence-corrected chi connectivity index (χ1v) is 9.67. The molecule has 2 amide bonds. The lowest BCUT2D eigenvalue weighted by Crippen LogP contribution is -2.33. The quantitative estimate of drug-likeness (QED) is 0.476. The summed E-state index contributed by atoms with van der Waals surface area (Å²) >= 11 is 5.97. The van der Waals surface area contributed by atoms with Crippen LogP contribution in [-0.4, -0.2) is 31.1 Å². The van der Waals surface area contributed by atoms with E-state index in [4.69, 9.17) is 16.3 Å². The van der Waals surface area contributed by atoms with Crippen molar-refractivity contribution < 1.29 is 31.9 Å². The number of alkyl halides is 3. The molecule has 0 spiro atoms. The summed E-state index contributed by atoms with van der Waals surface area (Å²) in [6, 6.07) is 7.06. The maximum atomic E-state index is 14.2. The van der Waals surface area contributed by atoms with Gasteiger partial charge in [-0.3, -0.25) is 9.59 Å². The molecule has 2 aromatic carbocycles. The number of rotatable bonds is 5. The van der Waals surface area contributed by atoms with Gasteiger partial charge in [-0.2, -0.15) is 13.2 Å². The number of benzene rings is 2. The molecule has 1 aliphatic rings. The first kappa shape index (κ1) is 23.3. The zero-order chi connectivity index (χ0) is 23.5. The molecule has 0 bridgehead atoms. The fraction of sp³-hybridized carbons (Fsp3) is 0.182. The van der Waals surface area contributed by atoms with Crippen LogP contribution in [0.2, 0.25) is 5.02 Å². The molecule has 0 atom stereocenters. The van der Waals surface area contributed by atoms with E-state index in [9.17, 15) is 27.2 Å². The first-order valence-electron chi connectivity index (χ1n) is 9.29. The molecule has 32 heavy (non-hydrogen) atoms. The number of hydrogen-bond acceptors (Lipinski definition) is 3. The zero-order valence-corrected chi connectivity index (χ0v) is 17.4. The number of carbonyl (C=O) groups is 2. The van der Waals surface area contributed by atoms with Gasteiger partial charge in [0.15, 0.2) is 0 Å². The normalized spacial score (nSPS) is 13.2. The average Bonchev–Trinajstić information content (AvgIpc) is 2.72. The molecule has 10 heteroatoms. The molecule has 2 N–H and O–H groups in total. The number of hydrogen-bond donors (Lipinski definition) is 2. The van der Waals surface area contributed by atoms with Gasteiger partial charge in [-0.15, -0.1) is 0 Å². The Morgan fingerprint density at radius 3 is 2.69 bits per heavy atom. The van der Waals surface area contributed by atoms with Crippen molar-refractivity contribution >= 4 is 35.2 Å². The largest absolute Gasteiger partial charge is 0.488 e. The number of anilines is 1. The Morgan fingerprint density at radius 2 is 1.97 bits per heavy atom. The van der Waals surface area contributed by atoms with Gasteiger partial charge in [-0.1, -0.05) is 17.7 Å². The molecular formula is C22H17ClF4N2O3. The van der Waals surface area contributed by atoms with Crippen molar-refractivity contribution in [2.45, 2.75) is 13.1 Å². The third-order valence-electron chi connectivity index (χ3n) is 4.47. The second-order valence-corrected chi connectivity index (χ2v) is 7.38. The molecule has 0 fully saturated rings. The van der Waals surface area contributed by atoms with E-state index in [0.29, 0.717) is 16.3 Å². The molecule has 0 saturated carbocycles. The summed E-state index contributed by atoms with van der Waals surface area (Å²) in [7, 11) is 0. The van der Waals surface area contributed by atoms with Crippen molar-refractivity contribution in [2.75, 3.05) is 18.5 Å². The third-order valence-corrected chi connectivity index (χ3v) is 4.70. The third kappa shape index (κ3) is 6.10. The number of amides is 2. The standard InChI is InChI=1S/C22H17ClF4N2O3/c1-12-17(24)8-15(21(31)28-11-22(25,26)27)9-18(12)29-20(30)5-2-13-6-14-7-16(23)3-4-19(14)32-10-13/h2-9H,10-11H2,1H3,(H,28,31)(H,29,30)/b5-2+. The van der Waals surface area contributed by atoms with E-state index in [2.05, 4.69) is 5.32 Å². The Kier molecular flexibility index (Phi) is 6.88. The van der Waals surface area contributed by atoms with Crippen LogP contribution in [-0.2, 0) is 4.79 Å². The van der Waals surface area contributed by atoms with Gasteiger partial charge in [0, 0.05) is 33.5 Å². The van der Waals surface area contributed by atoms with Gasteiger partial charge in [0.2, 0.25) is 5.91 Å². The Bertz CT molecular complexity index is 1130. The zero-order valence-electron chi connectivity index (χ0n) is 16.6. The minimum Gasteiger partial charge on any atom is -0.488 e. The van der Waals surface area contributed by atoms with Gasteiger partial charge in [-0.05, 0) is 48.9 Å². The van der Waals surface area contributed by atoms with Crippen LogP contribution in [0.5, 0.6) is 5.75 Å². The summed E-state index contributed by atoms with van der Waals surface area (Å²) in [5.74, 6) is -1.93. The Morgan fingerprint density at radius 1 is 1.22 bits per heavy atom.